The van der Waals surface area contributed by atoms with E-state index in [1.165, 1.54) is 6.07 Å². The molecule has 0 aliphatic carbocycles. The molecule has 0 fully saturated rings. The van der Waals surface area contributed by atoms with Crippen LogP contribution in [-0.4, -0.2) is 15.0 Å². The van der Waals surface area contributed by atoms with Crippen LogP contribution in [0.15, 0.2) is 35.4 Å². The Hall–Kier alpha value is -1.97. The van der Waals surface area contributed by atoms with Gasteiger partial charge >= 0.3 is 0 Å². The van der Waals surface area contributed by atoms with Crippen molar-refractivity contribution in [3.63, 3.8) is 0 Å². The van der Waals surface area contributed by atoms with E-state index < -0.39 is 0 Å². The fourth-order valence-electron chi connectivity index (χ4n) is 1.53. The maximum absolute atomic E-state index is 11.4. The minimum Gasteiger partial charge on any atom is -0.311 e. The molecule has 2 aromatic rings. The van der Waals surface area contributed by atoms with Crippen LogP contribution in [0, 0.1) is 0 Å². The molecule has 0 bridgehead atoms. The SMILES string of the molecule is CCCc1nc(-c2ccncc2)cc(=O)[nH]1. The summed E-state index contributed by atoms with van der Waals surface area (Å²) >= 11 is 0. The van der Waals surface area contributed by atoms with Crippen molar-refractivity contribution in [2.75, 3.05) is 0 Å². The molecule has 16 heavy (non-hydrogen) atoms. The van der Waals surface area contributed by atoms with E-state index in [2.05, 4.69) is 21.9 Å². The monoisotopic (exact) mass is 215 g/mol. The van der Waals surface area contributed by atoms with Crippen LogP contribution in [0.25, 0.3) is 11.3 Å². The molecule has 82 valence electrons. The van der Waals surface area contributed by atoms with Crippen LogP contribution in [0.1, 0.15) is 19.2 Å². The number of aromatic amines is 1. The van der Waals surface area contributed by atoms with Gasteiger partial charge in [0.2, 0.25) is 0 Å². The number of aryl methyl sites for hydroxylation is 1. The van der Waals surface area contributed by atoms with Gasteiger partial charge in [0.25, 0.3) is 5.56 Å². The second kappa shape index (κ2) is 4.70. The fraction of sp³-hybridized carbons (Fsp3) is 0.250. The smallest absolute Gasteiger partial charge is 0.251 e. The van der Waals surface area contributed by atoms with Gasteiger partial charge in [0.15, 0.2) is 0 Å². The average molecular weight is 215 g/mol. The number of nitrogens with one attached hydrogen (secondary N) is 1. The lowest BCUT2D eigenvalue weighted by Crippen LogP contribution is -2.10. The summed E-state index contributed by atoms with van der Waals surface area (Å²) < 4.78 is 0. The lowest BCUT2D eigenvalue weighted by atomic mass is 10.2. The van der Waals surface area contributed by atoms with Crippen molar-refractivity contribution in [2.45, 2.75) is 19.8 Å². The van der Waals surface area contributed by atoms with Crippen LogP contribution in [0.2, 0.25) is 0 Å². The summed E-state index contributed by atoms with van der Waals surface area (Å²) in [6.45, 7) is 2.05. The zero-order valence-corrected chi connectivity index (χ0v) is 9.10. The molecular weight excluding hydrogens is 202 g/mol. The molecule has 4 heteroatoms. The van der Waals surface area contributed by atoms with Gasteiger partial charge in [0.1, 0.15) is 5.82 Å². The molecule has 4 nitrogen and oxygen atoms in total. The first-order valence-electron chi connectivity index (χ1n) is 5.30. The lowest BCUT2D eigenvalue weighted by Gasteiger charge is -2.02. The third-order valence-electron chi connectivity index (χ3n) is 2.25. The van der Waals surface area contributed by atoms with Gasteiger partial charge in [-0.2, -0.15) is 0 Å². The van der Waals surface area contributed by atoms with Crippen molar-refractivity contribution in [3.05, 3.63) is 46.8 Å². The summed E-state index contributed by atoms with van der Waals surface area (Å²) in [6.07, 6.45) is 5.13. The highest BCUT2D eigenvalue weighted by Gasteiger charge is 2.02. The highest BCUT2D eigenvalue weighted by molar-refractivity contribution is 5.57. The number of hydrogen-bond donors (Lipinski definition) is 1. The Bertz CT molecular complexity index is 519. The van der Waals surface area contributed by atoms with Crippen LogP contribution in [0.4, 0.5) is 0 Å². The minimum atomic E-state index is -0.106. The molecule has 0 saturated carbocycles. The Labute approximate surface area is 93.4 Å². The van der Waals surface area contributed by atoms with Gasteiger partial charge in [-0.15, -0.1) is 0 Å². The zero-order chi connectivity index (χ0) is 11.4. The number of hydrogen-bond acceptors (Lipinski definition) is 3. The van der Waals surface area contributed by atoms with Gasteiger partial charge in [0.05, 0.1) is 5.69 Å². The number of H-pyrrole nitrogens is 1. The molecule has 0 aliphatic rings. The van der Waals surface area contributed by atoms with E-state index in [1.807, 2.05) is 12.1 Å². The van der Waals surface area contributed by atoms with Crippen molar-refractivity contribution in [2.24, 2.45) is 0 Å². The third kappa shape index (κ3) is 2.34. The van der Waals surface area contributed by atoms with Crippen molar-refractivity contribution in [1.29, 1.82) is 0 Å². The first-order chi connectivity index (χ1) is 7.79. The van der Waals surface area contributed by atoms with Crippen LogP contribution >= 0.6 is 0 Å². The van der Waals surface area contributed by atoms with Gasteiger partial charge in [0, 0.05) is 30.4 Å². The summed E-state index contributed by atoms with van der Waals surface area (Å²) in [5.41, 5.74) is 1.51. The largest absolute Gasteiger partial charge is 0.311 e. The van der Waals surface area contributed by atoms with E-state index in [9.17, 15) is 4.79 Å². The predicted octanol–water partition coefficient (Wildman–Crippen LogP) is 1.78. The van der Waals surface area contributed by atoms with Crippen LogP contribution < -0.4 is 5.56 Å². The Balaban J connectivity index is 2.45. The second-order valence-corrected chi connectivity index (χ2v) is 3.56. The first-order valence-corrected chi connectivity index (χ1v) is 5.30. The Morgan fingerprint density at radius 2 is 2.06 bits per heavy atom. The summed E-state index contributed by atoms with van der Waals surface area (Å²) in [4.78, 5) is 22.5. The van der Waals surface area contributed by atoms with Crippen LogP contribution in [-0.2, 0) is 6.42 Å². The molecule has 0 saturated heterocycles. The van der Waals surface area contributed by atoms with E-state index in [0.717, 1.165) is 24.2 Å². The van der Waals surface area contributed by atoms with E-state index in [4.69, 9.17) is 0 Å². The molecule has 0 spiro atoms. The number of nitrogens with zero attached hydrogens (tertiary/aromatic N) is 2. The van der Waals surface area contributed by atoms with Gasteiger partial charge < -0.3 is 4.98 Å². The molecular formula is C12H13N3O. The van der Waals surface area contributed by atoms with Gasteiger partial charge in [-0.25, -0.2) is 4.98 Å². The lowest BCUT2D eigenvalue weighted by molar-refractivity contribution is 0.827. The maximum Gasteiger partial charge on any atom is 0.251 e. The standard InChI is InChI=1S/C12H13N3O/c1-2-3-11-14-10(8-12(16)15-11)9-4-6-13-7-5-9/h4-8H,2-3H2,1H3,(H,14,15,16). The van der Waals surface area contributed by atoms with Crippen molar-refractivity contribution >= 4 is 0 Å². The third-order valence-corrected chi connectivity index (χ3v) is 2.25. The van der Waals surface area contributed by atoms with Crippen molar-refractivity contribution in [3.8, 4) is 11.3 Å². The first kappa shape index (κ1) is 10.5. The van der Waals surface area contributed by atoms with Crippen LogP contribution in [0.3, 0.4) is 0 Å². The van der Waals surface area contributed by atoms with E-state index in [1.54, 1.807) is 12.4 Å². The molecule has 0 aromatic carbocycles. The van der Waals surface area contributed by atoms with Crippen molar-refractivity contribution in [1.82, 2.24) is 15.0 Å². The summed E-state index contributed by atoms with van der Waals surface area (Å²) in [5, 5.41) is 0. The topological polar surface area (TPSA) is 58.6 Å². The number of pyridine rings is 1. The Morgan fingerprint density at radius 3 is 2.75 bits per heavy atom. The normalized spacial score (nSPS) is 10.3. The summed E-state index contributed by atoms with van der Waals surface area (Å²) in [7, 11) is 0. The van der Waals surface area contributed by atoms with Gasteiger partial charge in [-0.1, -0.05) is 6.92 Å². The molecule has 2 rings (SSSR count). The highest BCUT2D eigenvalue weighted by Crippen LogP contribution is 2.13. The van der Waals surface area contributed by atoms with Gasteiger partial charge in [-0.05, 0) is 18.6 Å². The Morgan fingerprint density at radius 1 is 1.31 bits per heavy atom. The molecule has 2 aromatic heterocycles. The molecule has 0 aliphatic heterocycles. The molecule has 2 heterocycles. The van der Waals surface area contributed by atoms with Crippen molar-refractivity contribution < 1.29 is 0 Å². The van der Waals surface area contributed by atoms with Crippen LogP contribution in [0.5, 0.6) is 0 Å². The maximum atomic E-state index is 11.4. The van der Waals surface area contributed by atoms with E-state index in [-0.39, 0.29) is 5.56 Å². The highest BCUT2D eigenvalue weighted by atomic mass is 16.1. The van der Waals surface area contributed by atoms with E-state index >= 15 is 0 Å². The quantitative estimate of drug-likeness (QED) is 0.849. The molecule has 1 N–H and O–H groups in total. The number of rotatable bonds is 3. The molecule has 0 atom stereocenters. The second-order valence-electron chi connectivity index (χ2n) is 3.56. The van der Waals surface area contributed by atoms with E-state index in [0.29, 0.717) is 5.69 Å². The summed E-state index contributed by atoms with van der Waals surface area (Å²) in [5.74, 6) is 0.738. The number of aromatic nitrogens is 3. The average Bonchev–Trinajstić information content (AvgIpc) is 2.30. The zero-order valence-electron chi connectivity index (χ0n) is 9.10. The fourth-order valence-corrected chi connectivity index (χ4v) is 1.53. The predicted molar refractivity (Wildman–Crippen MR) is 62.1 cm³/mol. The Kier molecular flexibility index (Phi) is 3.10. The molecule has 0 amide bonds. The van der Waals surface area contributed by atoms with Gasteiger partial charge in [-0.3, -0.25) is 9.78 Å². The summed E-state index contributed by atoms with van der Waals surface area (Å²) in [6, 6.07) is 5.20. The molecule has 0 unspecified atom stereocenters. The minimum absolute atomic E-state index is 0.106. The molecule has 0 radical (unpaired) electrons.